The van der Waals surface area contributed by atoms with Crippen LogP contribution < -0.4 is 5.32 Å². The molecular weight excluding hydrogens is 182 g/mol. The molecule has 0 bridgehead atoms. The van der Waals surface area contributed by atoms with Crippen molar-refractivity contribution in [3.05, 3.63) is 36.9 Å². The Morgan fingerprint density at radius 1 is 1.54 bits per heavy atom. The largest absolute Gasteiger partial charge is 0.321 e. The average molecular weight is 193 g/mol. The third-order valence-electron chi connectivity index (χ3n) is 1.55. The Labute approximate surface area is 82.0 Å². The van der Waals surface area contributed by atoms with Crippen molar-refractivity contribution in [1.82, 2.24) is 0 Å². The van der Waals surface area contributed by atoms with Crippen LogP contribution in [0.3, 0.4) is 0 Å². The number of para-hydroxylation sites is 1. The number of thioether (sulfide) groups is 1. The maximum Gasteiger partial charge on any atom is 0.247 e. The number of benzene rings is 1. The Morgan fingerprint density at radius 3 is 2.85 bits per heavy atom. The van der Waals surface area contributed by atoms with Crippen molar-refractivity contribution in [3.8, 4) is 0 Å². The van der Waals surface area contributed by atoms with Gasteiger partial charge in [-0.2, -0.15) is 0 Å². The highest BCUT2D eigenvalue weighted by Gasteiger charge is 2.01. The van der Waals surface area contributed by atoms with Crippen LogP contribution >= 0.6 is 11.8 Å². The second kappa shape index (κ2) is 4.72. The number of hydrogen-bond donors (Lipinski definition) is 1. The minimum Gasteiger partial charge on any atom is -0.321 e. The molecule has 1 aromatic rings. The van der Waals surface area contributed by atoms with Crippen molar-refractivity contribution < 1.29 is 4.79 Å². The molecule has 3 heteroatoms. The van der Waals surface area contributed by atoms with Crippen LogP contribution in [0.4, 0.5) is 5.69 Å². The van der Waals surface area contributed by atoms with Crippen LogP contribution in [-0.2, 0) is 4.79 Å². The first kappa shape index (κ1) is 9.86. The molecule has 0 saturated heterocycles. The minimum absolute atomic E-state index is 0.179. The van der Waals surface area contributed by atoms with Crippen molar-refractivity contribution in [2.75, 3.05) is 11.6 Å². The van der Waals surface area contributed by atoms with Crippen LogP contribution in [0.25, 0.3) is 0 Å². The second-order valence-corrected chi connectivity index (χ2v) is 3.24. The van der Waals surface area contributed by atoms with E-state index in [-0.39, 0.29) is 5.91 Å². The summed E-state index contributed by atoms with van der Waals surface area (Å²) in [5.74, 6) is -0.179. The molecule has 1 N–H and O–H groups in total. The van der Waals surface area contributed by atoms with Crippen LogP contribution in [0, 0.1) is 0 Å². The molecule has 2 nitrogen and oxygen atoms in total. The Bertz CT molecular complexity index is 322. The Kier molecular flexibility index (Phi) is 3.58. The summed E-state index contributed by atoms with van der Waals surface area (Å²) in [4.78, 5) is 12.1. The van der Waals surface area contributed by atoms with Gasteiger partial charge in [0.2, 0.25) is 5.91 Å². The molecule has 68 valence electrons. The lowest BCUT2D eigenvalue weighted by Gasteiger charge is -2.06. The van der Waals surface area contributed by atoms with Gasteiger partial charge in [-0.25, -0.2) is 0 Å². The van der Waals surface area contributed by atoms with E-state index in [1.165, 1.54) is 6.08 Å². The van der Waals surface area contributed by atoms with Gasteiger partial charge in [-0.3, -0.25) is 4.79 Å². The average Bonchev–Trinajstić information content (AvgIpc) is 2.18. The lowest BCUT2D eigenvalue weighted by Crippen LogP contribution is -2.07. The maximum atomic E-state index is 11.0. The first-order valence-electron chi connectivity index (χ1n) is 3.84. The SMILES string of the molecule is C=CC(=O)Nc1ccccc1SC. The third-order valence-corrected chi connectivity index (χ3v) is 2.35. The van der Waals surface area contributed by atoms with Gasteiger partial charge in [0.1, 0.15) is 0 Å². The van der Waals surface area contributed by atoms with E-state index in [0.29, 0.717) is 0 Å². The highest BCUT2D eigenvalue weighted by Crippen LogP contribution is 2.24. The molecule has 0 unspecified atom stereocenters. The molecule has 0 saturated carbocycles. The van der Waals surface area contributed by atoms with Crippen molar-refractivity contribution in [2.45, 2.75) is 4.90 Å². The summed E-state index contributed by atoms with van der Waals surface area (Å²) in [5, 5.41) is 2.73. The molecule has 0 fully saturated rings. The minimum atomic E-state index is -0.179. The molecule has 1 rings (SSSR count). The summed E-state index contributed by atoms with van der Waals surface area (Å²) in [6, 6.07) is 7.66. The highest BCUT2D eigenvalue weighted by molar-refractivity contribution is 7.98. The third kappa shape index (κ3) is 2.63. The standard InChI is InChI=1S/C10H11NOS/c1-3-10(12)11-8-6-4-5-7-9(8)13-2/h3-7H,1H2,2H3,(H,11,12). The molecule has 1 aromatic carbocycles. The van der Waals surface area contributed by atoms with Crippen molar-refractivity contribution in [1.29, 1.82) is 0 Å². The number of amides is 1. The van der Waals surface area contributed by atoms with Gasteiger partial charge >= 0.3 is 0 Å². The molecule has 0 radical (unpaired) electrons. The number of nitrogens with one attached hydrogen (secondary N) is 1. The fraction of sp³-hybridized carbons (Fsp3) is 0.100. The lowest BCUT2D eigenvalue weighted by atomic mass is 10.3. The van der Waals surface area contributed by atoms with Gasteiger partial charge in [0.15, 0.2) is 0 Å². The summed E-state index contributed by atoms with van der Waals surface area (Å²) in [6.45, 7) is 3.39. The fourth-order valence-corrected chi connectivity index (χ4v) is 1.49. The highest BCUT2D eigenvalue weighted by atomic mass is 32.2. The number of anilines is 1. The molecule has 0 spiro atoms. The second-order valence-electron chi connectivity index (χ2n) is 2.39. The van der Waals surface area contributed by atoms with Gasteiger partial charge in [-0.05, 0) is 24.5 Å². The van der Waals surface area contributed by atoms with Crippen LogP contribution in [-0.4, -0.2) is 12.2 Å². The lowest BCUT2D eigenvalue weighted by molar-refractivity contribution is -0.111. The molecule has 13 heavy (non-hydrogen) atoms. The van der Waals surface area contributed by atoms with Crippen LogP contribution in [0.2, 0.25) is 0 Å². The summed E-state index contributed by atoms with van der Waals surface area (Å²) < 4.78 is 0. The van der Waals surface area contributed by atoms with Gasteiger partial charge in [-0.1, -0.05) is 18.7 Å². The maximum absolute atomic E-state index is 11.0. The van der Waals surface area contributed by atoms with E-state index in [4.69, 9.17) is 0 Å². The Hall–Kier alpha value is -1.22. The van der Waals surface area contributed by atoms with E-state index in [2.05, 4.69) is 11.9 Å². The molecule has 0 aliphatic carbocycles. The molecule has 0 atom stereocenters. The zero-order chi connectivity index (χ0) is 9.68. The van der Waals surface area contributed by atoms with Gasteiger partial charge in [-0.15, -0.1) is 11.8 Å². The van der Waals surface area contributed by atoms with E-state index in [9.17, 15) is 4.79 Å². The van der Waals surface area contributed by atoms with Crippen LogP contribution in [0.1, 0.15) is 0 Å². The zero-order valence-corrected chi connectivity index (χ0v) is 8.23. The van der Waals surface area contributed by atoms with E-state index >= 15 is 0 Å². The van der Waals surface area contributed by atoms with E-state index < -0.39 is 0 Å². The van der Waals surface area contributed by atoms with Crippen LogP contribution in [0.5, 0.6) is 0 Å². The summed E-state index contributed by atoms with van der Waals surface area (Å²) >= 11 is 1.60. The molecule has 0 aliphatic rings. The number of carbonyl (C=O) groups is 1. The van der Waals surface area contributed by atoms with Gasteiger partial charge in [0.05, 0.1) is 5.69 Å². The topological polar surface area (TPSA) is 29.1 Å². The Balaban J connectivity index is 2.86. The number of carbonyl (C=O) groups excluding carboxylic acids is 1. The Morgan fingerprint density at radius 2 is 2.23 bits per heavy atom. The predicted octanol–water partition coefficient (Wildman–Crippen LogP) is 2.53. The van der Waals surface area contributed by atoms with Crippen molar-refractivity contribution in [3.63, 3.8) is 0 Å². The molecule has 0 heterocycles. The summed E-state index contributed by atoms with van der Waals surface area (Å²) in [6.07, 6.45) is 3.23. The molecule has 0 aromatic heterocycles. The van der Waals surface area contributed by atoms with Gasteiger partial charge in [0, 0.05) is 4.90 Å². The van der Waals surface area contributed by atoms with E-state index in [0.717, 1.165) is 10.6 Å². The fourth-order valence-electron chi connectivity index (χ4n) is 0.932. The molecule has 1 amide bonds. The normalized spacial score (nSPS) is 9.31. The van der Waals surface area contributed by atoms with Crippen molar-refractivity contribution in [2.24, 2.45) is 0 Å². The first-order chi connectivity index (χ1) is 6.27. The monoisotopic (exact) mass is 193 g/mol. The number of rotatable bonds is 3. The van der Waals surface area contributed by atoms with E-state index in [1.807, 2.05) is 30.5 Å². The molecule has 0 aliphatic heterocycles. The predicted molar refractivity (Wildman–Crippen MR) is 57.0 cm³/mol. The quantitative estimate of drug-likeness (QED) is 0.590. The summed E-state index contributed by atoms with van der Waals surface area (Å²) in [5.41, 5.74) is 0.833. The van der Waals surface area contributed by atoms with Gasteiger partial charge in [0.25, 0.3) is 0 Å². The van der Waals surface area contributed by atoms with Crippen molar-refractivity contribution >= 4 is 23.4 Å². The smallest absolute Gasteiger partial charge is 0.247 e. The van der Waals surface area contributed by atoms with Crippen LogP contribution in [0.15, 0.2) is 41.8 Å². The number of hydrogen-bond acceptors (Lipinski definition) is 2. The zero-order valence-electron chi connectivity index (χ0n) is 7.41. The first-order valence-corrected chi connectivity index (χ1v) is 5.07. The van der Waals surface area contributed by atoms with E-state index in [1.54, 1.807) is 11.8 Å². The summed E-state index contributed by atoms with van der Waals surface area (Å²) in [7, 11) is 0. The van der Waals surface area contributed by atoms with Gasteiger partial charge < -0.3 is 5.32 Å². The molecular formula is C10H11NOS.